The first kappa shape index (κ1) is 11.0. The molecule has 0 aromatic heterocycles. The van der Waals surface area contributed by atoms with Crippen molar-refractivity contribution in [1.29, 1.82) is 0 Å². The molecule has 1 unspecified atom stereocenters. The maximum atomic E-state index is 12.3. The number of rotatable bonds is 4. The Labute approximate surface area is 68.9 Å². The summed E-state index contributed by atoms with van der Waals surface area (Å²) in [7, 11) is 0. The summed E-state index contributed by atoms with van der Waals surface area (Å²) in [6.07, 6.45) is -0.651. The van der Waals surface area contributed by atoms with Gasteiger partial charge in [-0.1, -0.05) is 6.58 Å². The van der Waals surface area contributed by atoms with E-state index in [2.05, 4.69) is 16.4 Å². The van der Waals surface area contributed by atoms with Crippen LogP contribution in [0.3, 0.4) is 0 Å². The minimum Gasteiger partial charge on any atom is -0.293 e. The zero-order chi connectivity index (χ0) is 9.78. The Morgan fingerprint density at radius 2 is 2.17 bits per heavy atom. The molecule has 0 bridgehead atoms. The number of hydrogen-bond acceptors (Lipinski definition) is 3. The normalized spacial score (nSPS) is 13.7. The highest BCUT2D eigenvalue weighted by Gasteiger charge is 2.32. The molecule has 12 heavy (non-hydrogen) atoms. The molecule has 0 amide bonds. The molecule has 0 saturated carbocycles. The first-order valence-corrected chi connectivity index (χ1v) is 3.25. The average molecular weight is 180 g/mol. The monoisotopic (exact) mass is 180 g/mol. The maximum Gasteiger partial charge on any atom is 0.365 e. The molecule has 0 heterocycles. The first-order valence-electron chi connectivity index (χ1n) is 3.25. The van der Waals surface area contributed by atoms with Crippen LogP contribution < -0.4 is 0 Å². The van der Waals surface area contributed by atoms with E-state index in [1.807, 2.05) is 0 Å². The van der Waals surface area contributed by atoms with Gasteiger partial charge in [-0.3, -0.25) is 4.89 Å². The van der Waals surface area contributed by atoms with Gasteiger partial charge in [0.1, 0.15) is 0 Å². The predicted molar refractivity (Wildman–Crippen MR) is 37.5 cm³/mol. The van der Waals surface area contributed by atoms with Crippen molar-refractivity contribution in [1.82, 2.24) is 0 Å². The van der Waals surface area contributed by atoms with E-state index in [1.165, 1.54) is 0 Å². The van der Waals surface area contributed by atoms with E-state index in [1.54, 1.807) is 0 Å². The van der Waals surface area contributed by atoms with Gasteiger partial charge in [-0.2, -0.15) is 4.89 Å². The van der Waals surface area contributed by atoms with Crippen LogP contribution in [0.1, 0.15) is 13.8 Å². The van der Waals surface area contributed by atoms with Crippen LogP contribution in [0.4, 0.5) is 8.78 Å². The maximum absolute atomic E-state index is 12.3. The van der Waals surface area contributed by atoms with E-state index in [-0.39, 0.29) is 0 Å². The number of carbonyl (C=O) groups is 1. The summed E-state index contributed by atoms with van der Waals surface area (Å²) < 4.78 is 24.7. The third kappa shape index (κ3) is 4.02. The van der Waals surface area contributed by atoms with Gasteiger partial charge in [0, 0.05) is 13.0 Å². The quantitative estimate of drug-likeness (QED) is 0.375. The molecule has 0 aliphatic heterocycles. The molecule has 0 aromatic rings. The lowest BCUT2D eigenvalue weighted by Gasteiger charge is -2.16. The van der Waals surface area contributed by atoms with Gasteiger partial charge < -0.3 is 0 Å². The SMILES string of the molecule is C=CC(=O)OOC(C)C(C)(F)F. The fraction of sp³-hybridized carbons (Fsp3) is 0.571. The van der Waals surface area contributed by atoms with Crippen molar-refractivity contribution in [2.75, 3.05) is 0 Å². The second-order valence-electron chi connectivity index (χ2n) is 2.30. The highest BCUT2D eigenvalue weighted by atomic mass is 19.3. The zero-order valence-corrected chi connectivity index (χ0v) is 6.84. The largest absolute Gasteiger partial charge is 0.365 e. The van der Waals surface area contributed by atoms with Crippen molar-refractivity contribution < 1.29 is 23.4 Å². The van der Waals surface area contributed by atoms with Crippen molar-refractivity contribution in [3.63, 3.8) is 0 Å². The van der Waals surface area contributed by atoms with Gasteiger partial charge in [0.15, 0.2) is 6.10 Å². The van der Waals surface area contributed by atoms with Gasteiger partial charge in [-0.25, -0.2) is 13.6 Å². The van der Waals surface area contributed by atoms with Crippen molar-refractivity contribution in [3.05, 3.63) is 12.7 Å². The van der Waals surface area contributed by atoms with Gasteiger partial charge in [0.05, 0.1) is 0 Å². The summed E-state index contributed by atoms with van der Waals surface area (Å²) in [5.41, 5.74) is 0. The Morgan fingerprint density at radius 1 is 1.67 bits per heavy atom. The molecule has 0 aliphatic carbocycles. The average Bonchev–Trinajstić information content (AvgIpc) is 1.97. The third-order valence-electron chi connectivity index (χ3n) is 1.16. The minimum atomic E-state index is -3.04. The number of hydrogen-bond donors (Lipinski definition) is 0. The van der Waals surface area contributed by atoms with E-state index in [0.717, 1.165) is 13.0 Å². The molecule has 0 aromatic carbocycles. The molecule has 0 rings (SSSR count). The smallest absolute Gasteiger partial charge is 0.293 e. The predicted octanol–water partition coefficient (Wildman–Crippen LogP) is 1.69. The Hall–Kier alpha value is -0.970. The van der Waals surface area contributed by atoms with Crippen LogP contribution >= 0.6 is 0 Å². The molecule has 0 radical (unpaired) electrons. The van der Waals surface area contributed by atoms with Crippen LogP contribution in [0.5, 0.6) is 0 Å². The first-order chi connectivity index (χ1) is 5.38. The second kappa shape index (κ2) is 4.15. The standard InChI is InChI=1S/C7H10F2O3/c1-4-6(10)12-11-5(2)7(3,8)9/h4-5H,1H2,2-3H3. The molecule has 1 atom stereocenters. The van der Waals surface area contributed by atoms with Crippen LogP contribution in [-0.4, -0.2) is 18.0 Å². The van der Waals surface area contributed by atoms with Crippen molar-refractivity contribution in [2.24, 2.45) is 0 Å². The summed E-state index contributed by atoms with van der Waals surface area (Å²) in [4.78, 5) is 18.4. The molecule has 0 spiro atoms. The van der Waals surface area contributed by atoms with Crippen molar-refractivity contribution in [3.8, 4) is 0 Å². The molecule has 70 valence electrons. The van der Waals surface area contributed by atoms with E-state index in [0.29, 0.717) is 6.92 Å². The van der Waals surface area contributed by atoms with Crippen LogP contribution in [0.25, 0.3) is 0 Å². The third-order valence-corrected chi connectivity index (χ3v) is 1.16. The summed E-state index contributed by atoms with van der Waals surface area (Å²) >= 11 is 0. The van der Waals surface area contributed by atoms with E-state index < -0.39 is 18.0 Å². The summed E-state index contributed by atoms with van der Waals surface area (Å²) in [6.45, 7) is 4.82. The van der Waals surface area contributed by atoms with E-state index >= 15 is 0 Å². The van der Waals surface area contributed by atoms with E-state index in [9.17, 15) is 13.6 Å². The lowest BCUT2D eigenvalue weighted by Crippen LogP contribution is -2.30. The van der Waals surface area contributed by atoms with Crippen molar-refractivity contribution >= 4 is 5.97 Å². The summed E-state index contributed by atoms with van der Waals surface area (Å²) in [5, 5.41) is 0. The van der Waals surface area contributed by atoms with Gasteiger partial charge in [0.2, 0.25) is 0 Å². The molecule has 0 fully saturated rings. The topological polar surface area (TPSA) is 35.5 Å². The highest BCUT2D eigenvalue weighted by molar-refractivity contribution is 5.80. The van der Waals surface area contributed by atoms with Crippen LogP contribution in [0, 0.1) is 0 Å². The number of halogens is 2. The number of alkyl halides is 2. The fourth-order valence-electron chi connectivity index (χ4n) is 0.238. The minimum absolute atomic E-state index is 0.666. The van der Waals surface area contributed by atoms with Crippen molar-refractivity contribution in [2.45, 2.75) is 25.9 Å². The molecule has 0 aliphatic rings. The highest BCUT2D eigenvalue weighted by Crippen LogP contribution is 2.19. The second-order valence-corrected chi connectivity index (χ2v) is 2.30. The number of carbonyl (C=O) groups excluding carboxylic acids is 1. The molecular formula is C7H10F2O3. The molecule has 3 nitrogen and oxygen atoms in total. The Balaban J connectivity index is 3.79. The lowest BCUT2D eigenvalue weighted by molar-refractivity contribution is -0.322. The zero-order valence-electron chi connectivity index (χ0n) is 6.84. The summed E-state index contributed by atoms with van der Waals surface area (Å²) in [6, 6.07) is 0. The van der Waals surface area contributed by atoms with Crippen LogP contribution in [0.2, 0.25) is 0 Å². The molecular weight excluding hydrogens is 170 g/mol. The fourth-order valence-corrected chi connectivity index (χ4v) is 0.238. The molecule has 5 heteroatoms. The van der Waals surface area contributed by atoms with Crippen LogP contribution in [-0.2, 0) is 14.6 Å². The Bertz CT molecular complexity index is 174. The summed E-state index contributed by atoms with van der Waals surface area (Å²) in [5.74, 6) is -3.94. The molecule has 0 N–H and O–H groups in total. The van der Waals surface area contributed by atoms with Gasteiger partial charge in [0.25, 0.3) is 5.92 Å². The molecule has 0 saturated heterocycles. The Kier molecular flexibility index (Phi) is 3.82. The van der Waals surface area contributed by atoms with Gasteiger partial charge >= 0.3 is 5.97 Å². The Morgan fingerprint density at radius 3 is 2.50 bits per heavy atom. The van der Waals surface area contributed by atoms with Crippen LogP contribution in [0.15, 0.2) is 12.7 Å². The van der Waals surface area contributed by atoms with E-state index in [4.69, 9.17) is 0 Å². The lowest BCUT2D eigenvalue weighted by atomic mass is 10.2. The van der Waals surface area contributed by atoms with Gasteiger partial charge in [-0.15, -0.1) is 0 Å². The van der Waals surface area contributed by atoms with Gasteiger partial charge in [-0.05, 0) is 6.92 Å².